The third-order valence-electron chi connectivity index (χ3n) is 5.06. The summed E-state index contributed by atoms with van der Waals surface area (Å²) in [5.41, 5.74) is 3.90. The molecule has 1 aliphatic rings. The van der Waals surface area contributed by atoms with Crippen LogP contribution in [0.15, 0.2) is 53.3 Å². The summed E-state index contributed by atoms with van der Waals surface area (Å²) in [6.07, 6.45) is 0. The van der Waals surface area contributed by atoms with E-state index in [0.717, 1.165) is 5.56 Å². The predicted molar refractivity (Wildman–Crippen MR) is 126 cm³/mol. The number of hydrogen-bond acceptors (Lipinski definition) is 6. The molecule has 1 aliphatic heterocycles. The molecule has 3 aromatic rings. The molecule has 2 atom stereocenters. The van der Waals surface area contributed by atoms with Crippen LogP contribution in [0.5, 0.6) is 0 Å². The minimum atomic E-state index is -0.531. The summed E-state index contributed by atoms with van der Waals surface area (Å²) < 4.78 is 1.21. The van der Waals surface area contributed by atoms with Crippen LogP contribution in [0.4, 0.5) is 5.95 Å². The lowest BCUT2D eigenvalue weighted by Gasteiger charge is -2.26. The summed E-state index contributed by atoms with van der Waals surface area (Å²) in [4.78, 5) is 30.4. The maximum Gasteiger partial charge on any atom is 0.273 e. The molecular formula is C22H17Cl2N5O2S. The molecule has 162 valence electrons. The van der Waals surface area contributed by atoms with Crippen molar-refractivity contribution in [3.63, 3.8) is 0 Å². The van der Waals surface area contributed by atoms with Crippen molar-refractivity contribution in [3.05, 3.63) is 80.1 Å². The lowest BCUT2D eigenvalue weighted by Crippen LogP contribution is -2.38. The summed E-state index contributed by atoms with van der Waals surface area (Å²) in [6, 6.07) is 15.9. The van der Waals surface area contributed by atoms with E-state index in [1.54, 1.807) is 30.3 Å². The van der Waals surface area contributed by atoms with Crippen LogP contribution in [-0.2, 0) is 11.8 Å². The lowest BCUT2D eigenvalue weighted by molar-refractivity contribution is -0.128. The van der Waals surface area contributed by atoms with E-state index in [1.807, 2.05) is 31.2 Å². The Hall–Kier alpha value is -2.99. The molecule has 0 spiro atoms. The minimum Gasteiger partial charge on any atom is -0.279 e. The van der Waals surface area contributed by atoms with Crippen LogP contribution in [0.3, 0.4) is 0 Å². The van der Waals surface area contributed by atoms with Gasteiger partial charge in [0.1, 0.15) is 17.0 Å². The van der Waals surface area contributed by atoms with Gasteiger partial charge in [-0.25, -0.2) is 9.99 Å². The molecule has 1 aromatic heterocycles. The molecule has 1 fully saturated rings. The number of halogens is 2. The second kappa shape index (κ2) is 8.87. The second-order valence-electron chi connectivity index (χ2n) is 7.11. The molecule has 1 amide bonds. The van der Waals surface area contributed by atoms with E-state index in [4.69, 9.17) is 23.2 Å². The first-order valence-electron chi connectivity index (χ1n) is 9.58. The number of thioether (sulfide) groups is 1. The number of amides is 1. The second-order valence-corrected chi connectivity index (χ2v) is 9.38. The average molecular weight is 486 g/mol. The van der Waals surface area contributed by atoms with E-state index in [1.165, 1.54) is 28.4 Å². The zero-order chi connectivity index (χ0) is 23.0. The zero-order valence-electron chi connectivity index (χ0n) is 17.0. The van der Waals surface area contributed by atoms with Gasteiger partial charge in [0.15, 0.2) is 0 Å². The molecule has 1 N–H and O–H groups in total. The topological polar surface area (TPSA) is 91.0 Å². The fraction of sp³-hybridized carbons (Fsp3) is 0.182. The number of nitriles is 1. The molecule has 4 rings (SSSR count). The molecule has 2 aromatic carbocycles. The van der Waals surface area contributed by atoms with Gasteiger partial charge in [0.2, 0.25) is 5.95 Å². The van der Waals surface area contributed by atoms with Gasteiger partial charge in [-0.05, 0) is 25.1 Å². The van der Waals surface area contributed by atoms with Gasteiger partial charge in [0, 0.05) is 28.2 Å². The van der Waals surface area contributed by atoms with Crippen LogP contribution in [0.1, 0.15) is 23.4 Å². The number of nitrogens with zero attached hydrogens (tertiary/aromatic N) is 4. The van der Waals surface area contributed by atoms with Crippen molar-refractivity contribution < 1.29 is 4.79 Å². The monoisotopic (exact) mass is 485 g/mol. The zero-order valence-corrected chi connectivity index (χ0v) is 19.4. The van der Waals surface area contributed by atoms with Crippen molar-refractivity contribution >= 4 is 46.8 Å². The molecule has 1 saturated heterocycles. The molecule has 0 aliphatic carbocycles. The highest BCUT2D eigenvalue weighted by atomic mass is 35.5. The number of rotatable bonds is 4. The van der Waals surface area contributed by atoms with Crippen molar-refractivity contribution in [3.8, 4) is 17.3 Å². The highest BCUT2D eigenvalue weighted by Gasteiger charge is 2.40. The van der Waals surface area contributed by atoms with Gasteiger partial charge in [-0.2, -0.15) is 5.26 Å². The van der Waals surface area contributed by atoms with Crippen LogP contribution >= 0.6 is 35.0 Å². The van der Waals surface area contributed by atoms with Crippen LogP contribution in [-0.4, -0.2) is 25.7 Å². The molecule has 0 saturated carbocycles. The number of carbonyl (C=O) groups excluding carboxylic acids is 1. The van der Waals surface area contributed by atoms with Crippen molar-refractivity contribution in [2.75, 3.05) is 5.43 Å². The smallest absolute Gasteiger partial charge is 0.273 e. The lowest BCUT2D eigenvalue weighted by atomic mass is 10.1. The Kier molecular flexibility index (Phi) is 6.15. The Morgan fingerprint density at radius 2 is 1.81 bits per heavy atom. The largest absolute Gasteiger partial charge is 0.279 e. The number of nitrogens with one attached hydrogen (secondary N) is 1. The Morgan fingerprint density at radius 1 is 1.12 bits per heavy atom. The van der Waals surface area contributed by atoms with Crippen LogP contribution in [0.2, 0.25) is 10.0 Å². The fourth-order valence-electron chi connectivity index (χ4n) is 3.35. The van der Waals surface area contributed by atoms with Crippen molar-refractivity contribution in [2.45, 2.75) is 17.5 Å². The Morgan fingerprint density at radius 3 is 2.47 bits per heavy atom. The van der Waals surface area contributed by atoms with Gasteiger partial charge in [0.25, 0.3) is 11.5 Å². The van der Waals surface area contributed by atoms with Crippen LogP contribution < -0.4 is 11.0 Å². The van der Waals surface area contributed by atoms with Gasteiger partial charge in [0.05, 0.1) is 10.9 Å². The molecule has 32 heavy (non-hydrogen) atoms. The molecule has 10 heteroatoms. The van der Waals surface area contributed by atoms with Crippen molar-refractivity contribution in [1.29, 1.82) is 5.26 Å². The summed E-state index contributed by atoms with van der Waals surface area (Å²) in [6.45, 7) is 1.81. The summed E-state index contributed by atoms with van der Waals surface area (Å²) in [7, 11) is 1.49. The van der Waals surface area contributed by atoms with E-state index in [0.29, 0.717) is 15.6 Å². The molecule has 2 unspecified atom stereocenters. The molecule has 0 bridgehead atoms. The number of hydrogen-bond donors (Lipinski definition) is 1. The van der Waals surface area contributed by atoms with E-state index < -0.39 is 10.9 Å². The highest BCUT2D eigenvalue weighted by molar-refractivity contribution is 8.01. The Labute approximate surface area is 198 Å². The van der Waals surface area contributed by atoms with E-state index in [2.05, 4.69) is 10.4 Å². The van der Waals surface area contributed by atoms with Crippen LogP contribution in [0.25, 0.3) is 11.3 Å². The molecular weight excluding hydrogens is 469 g/mol. The Bertz CT molecular complexity index is 1300. The first-order chi connectivity index (χ1) is 15.3. The minimum absolute atomic E-state index is 0.0986. The van der Waals surface area contributed by atoms with Gasteiger partial charge in [-0.1, -0.05) is 53.5 Å². The number of carbonyl (C=O) groups is 1. The summed E-state index contributed by atoms with van der Waals surface area (Å²) >= 11 is 13.8. The van der Waals surface area contributed by atoms with Gasteiger partial charge < -0.3 is 0 Å². The maximum absolute atomic E-state index is 12.9. The third kappa shape index (κ3) is 3.95. The maximum atomic E-state index is 12.9. The summed E-state index contributed by atoms with van der Waals surface area (Å²) in [5, 5.41) is 11.3. The quantitative estimate of drug-likeness (QED) is 0.579. The van der Waals surface area contributed by atoms with E-state index >= 15 is 0 Å². The van der Waals surface area contributed by atoms with E-state index in [-0.39, 0.29) is 28.4 Å². The van der Waals surface area contributed by atoms with Gasteiger partial charge in [-0.15, -0.1) is 11.8 Å². The number of anilines is 1. The number of benzene rings is 2. The SMILES string of the molecule is CC1SC(c2ccccc2Cl)N(Nc2nc(-c3ccc(Cl)cc3)c(C#N)c(=O)n2C)C1=O. The molecule has 7 nitrogen and oxygen atoms in total. The third-order valence-corrected chi connectivity index (χ3v) is 6.99. The number of aromatic nitrogens is 2. The van der Waals surface area contributed by atoms with E-state index in [9.17, 15) is 14.9 Å². The molecule has 2 heterocycles. The first kappa shape index (κ1) is 22.2. The van der Waals surface area contributed by atoms with Crippen molar-refractivity contribution in [1.82, 2.24) is 14.6 Å². The fourth-order valence-corrected chi connectivity index (χ4v) is 5.03. The average Bonchev–Trinajstić information content (AvgIpc) is 3.06. The first-order valence-corrected chi connectivity index (χ1v) is 11.3. The van der Waals surface area contributed by atoms with Gasteiger partial charge in [-0.3, -0.25) is 19.6 Å². The number of hydrazine groups is 1. The van der Waals surface area contributed by atoms with Crippen molar-refractivity contribution in [2.24, 2.45) is 7.05 Å². The summed E-state index contributed by atoms with van der Waals surface area (Å²) in [5.74, 6) is -0.0503. The van der Waals surface area contributed by atoms with Crippen LogP contribution in [0, 0.1) is 11.3 Å². The molecule has 0 radical (unpaired) electrons. The highest BCUT2D eigenvalue weighted by Crippen LogP contribution is 2.44. The predicted octanol–water partition coefficient (Wildman–Crippen LogP) is 4.62. The standard InChI is InChI=1S/C22H17Cl2N5O2S/c1-12-19(30)29(21(32-12)15-5-3-4-6-17(15)24)27-22-26-18(13-7-9-14(23)10-8-13)16(11-25)20(31)28(22)2/h3-10,12,21H,1-2H3,(H,26,27). The Balaban J connectivity index is 1.80. The normalized spacial score (nSPS) is 18.0. The van der Waals surface area contributed by atoms with Gasteiger partial charge >= 0.3 is 0 Å².